The molecule has 0 saturated carbocycles. The SMILES string of the molecule is N#Cc1cccc(-c2ccc(-c3nc(-c4ccccc4)nc(-c4ccc5c(c4)oc4c(-c6nc(-c7ccccc7)nc(-c7ccccc7)n6)cccc45)n3)cc2)c1. The number of para-hydroxylation sites is 1. The first kappa shape index (κ1) is 33.4. The second kappa shape index (κ2) is 14.3. The van der Waals surface area contributed by atoms with Crippen LogP contribution in [-0.4, -0.2) is 29.9 Å². The van der Waals surface area contributed by atoms with Gasteiger partial charge in [0.15, 0.2) is 34.9 Å². The minimum Gasteiger partial charge on any atom is -0.455 e. The minimum atomic E-state index is 0.518. The summed E-state index contributed by atoms with van der Waals surface area (Å²) in [7, 11) is 0. The summed E-state index contributed by atoms with van der Waals surface area (Å²) in [6.07, 6.45) is 0. The van der Waals surface area contributed by atoms with E-state index in [4.69, 9.17) is 34.3 Å². The van der Waals surface area contributed by atoms with Gasteiger partial charge in [-0.15, -0.1) is 0 Å². The van der Waals surface area contributed by atoms with Crippen LogP contribution < -0.4 is 0 Å². The van der Waals surface area contributed by atoms with Crippen molar-refractivity contribution in [2.24, 2.45) is 0 Å². The van der Waals surface area contributed by atoms with Gasteiger partial charge in [-0.25, -0.2) is 29.9 Å². The molecule has 0 unspecified atom stereocenters. The number of furan rings is 1. The molecule has 10 aromatic rings. The van der Waals surface area contributed by atoms with E-state index in [1.165, 1.54) is 0 Å². The van der Waals surface area contributed by atoms with Gasteiger partial charge in [0.1, 0.15) is 11.2 Å². The predicted octanol–water partition coefficient (Wildman–Crippen LogP) is 11.5. The molecule has 0 aliphatic rings. The largest absolute Gasteiger partial charge is 0.455 e. The van der Waals surface area contributed by atoms with Gasteiger partial charge in [-0.2, -0.15) is 5.26 Å². The van der Waals surface area contributed by atoms with Crippen LogP contribution in [-0.2, 0) is 0 Å². The van der Waals surface area contributed by atoms with Crippen LogP contribution in [0.5, 0.6) is 0 Å². The van der Waals surface area contributed by atoms with Crippen LogP contribution >= 0.6 is 0 Å². The standard InChI is InChI=1S/C49H29N7O/c50-30-31-12-10-19-37(28-31)32-22-24-36(25-23-32)47-51-44(33-13-4-1-5-14-33)53-48(54-47)38-26-27-39-40-20-11-21-41(43(40)57-42(39)29-38)49-55-45(34-15-6-2-7-16-34)52-46(56-49)35-17-8-3-9-18-35/h1-29H. The highest BCUT2D eigenvalue weighted by molar-refractivity contribution is 6.09. The zero-order valence-electron chi connectivity index (χ0n) is 30.3. The Kier molecular flexibility index (Phi) is 8.36. The van der Waals surface area contributed by atoms with E-state index in [9.17, 15) is 5.26 Å². The zero-order valence-corrected chi connectivity index (χ0v) is 30.3. The van der Waals surface area contributed by atoms with Crippen molar-refractivity contribution in [1.82, 2.24) is 29.9 Å². The maximum Gasteiger partial charge on any atom is 0.167 e. The Hall–Kier alpha value is -8.15. The van der Waals surface area contributed by atoms with E-state index in [-0.39, 0.29) is 0 Å². The summed E-state index contributed by atoms with van der Waals surface area (Å²) in [4.78, 5) is 29.7. The molecule has 266 valence electrons. The van der Waals surface area contributed by atoms with Crippen LogP contribution in [0, 0.1) is 11.3 Å². The lowest BCUT2D eigenvalue weighted by molar-refractivity contribution is 0.669. The van der Waals surface area contributed by atoms with Gasteiger partial charge in [0.25, 0.3) is 0 Å². The maximum atomic E-state index is 9.40. The number of aromatic nitrogens is 6. The Labute approximate surface area is 327 Å². The highest BCUT2D eigenvalue weighted by atomic mass is 16.3. The first-order valence-electron chi connectivity index (χ1n) is 18.4. The lowest BCUT2D eigenvalue weighted by Gasteiger charge is -2.09. The van der Waals surface area contributed by atoms with Crippen molar-refractivity contribution < 1.29 is 4.42 Å². The van der Waals surface area contributed by atoms with E-state index in [0.717, 1.165) is 55.3 Å². The zero-order chi connectivity index (χ0) is 38.1. The summed E-state index contributed by atoms with van der Waals surface area (Å²) < 4.78 is 6.70. The fourth-order valence-electron chi connectivity index (χ4n) is 6.97. The van der Waals surface area contributed by atoms with Crippen LogP contribution in [0.1, 0.15) is 5.56 Å². The van der Waals surface area contributed by atoms with Crippen molar-refractivity contribution in [1.29, 1.82) is 5.26 Å². The molecule has 3 aromatic heterocycles. The fourth-order valence-corrected chi connectivity index (χ4v) is 6.97. The van der Waals surface area contributed by atoms with Crippen LogP contribution in [0.4, 0.5) is 0 Å². The topological polar surface area (TPSA) is 114 Å². The third kappa shape index (κ3) is 6.45. The normalized spacial score (nSPS) is 11.1. The number of nitrogens with zero attached hydrogens (tertiary/aromatic N) is 7. The summed E-state index contributed by atoms with van der Waals surface area (Å²) in [5.74, 6) is 3.30. The van der Waals surface area contributed by atoms with E-state index in [0.29, 0.717) is 51.7 Å². The molecule has 7 aromatic carbocycles. The van der Waals surface area contributed by atoms with Crippen LogP contribution in [0.25, 0.3) is 101 Å². The lowest BCUT2D eigenvalue weighted by atomic mass is 10.0. The Morgan fingerprint density at radius 3 is 1.37 bits per heavy atom. The van der Waals surface area contributed by atoms with Crippen molar-refractivity contribution in [3.63, 3.8) is 0 Å². The van der Waals surface area contributed by atoms with E-state index >= 15 is 0 Å². The quantitative estimate of drug-likeness (QED) is 0.159. The maximum absolute atomic E-state index is 9.40. The van der Waals surface area contributed by atoms with E-state index in [1.54, 1.807) is 6.07 Å². The van der Waals surface area contributed by atoms with Gasteiger partial charge in [0, 0.05) is 38.6 Å². The average molecular weight is 732 g/mol. The van der Waals surface area contributed by atoms with Crippen molar-refractivity contribution >= 4 is 21.9 Å². The van der Waals surface area contributed by atoms with Crippen LogP contribution in [0.15, 0.2) is 180 Å². The summed E-state index contributed by atoms with van der Waals surface area (Å²) in [5, 5.41) is 11.3. The van der Waals surface area contributed by atoms with Crippen molar-refractivity contribution in [3.8, 4) is 85.5 Å². The van der Waals surface area contributed by atoms with Crippen molar-refractivity contribution in [2.45, 2.75) is 0 Å². The van der Waals surface area contributed by atoms with Crippen LogP contribution in [0.2, 0.25) is 0 Å². The molecule has 0 radical (unpaired) electrons. The Morgan fingerprint density at radius 2 is 0.807 bits per heavy atom. The molecule has 0 spiro atoms. The molecule has 8 heteroatoms. The van der Waals surface area contributed by atoms with E-state index in [2.05, 4.69) is 12.1 Å². The first-order valence-corrected chi connectivity index (χ1v) is 18.4. The highest BCUT2D eigenvalue weighted by Crippen LogP contribution is 2.38. The van der Waals surface area contributed by atoms with E-state index in [1.807, 2.05) is 164 Å². The average Bonchev–Trinajstić information content (AvgIpc) is 3.68. The van der Waals surface area contributed by atoms with Gasteiger partial charge in [-0.05, 0) is 41.5 Å². The summed E-state index contributed by atoms with van der Waals surface area (Å²) in [6.45, 7) is 0. The number of nitriles is 1. The molecule has 0 aliphatic carbocycles. The second-order valence-corrected chi connectivity index (χ2v) is 13.5. The molecule has 0 saturated heterocycles. The predicted molar refractivity (Wildman–Crippen MR) is 223 cm³/mol. The molecule has 57 heavy (non-hydrogen) atoms. The van der Waals surface area contributed by atoms with Gasteiger partial charge in [0.05, 0.1) is 17.2 Å². The second-order valence-electron chi connectivity index (χ2n) is 13.5. The molecular weight excluding hydrogens is 703 g/mol. The summed E-state index contributed by atoms with van der Waals surface area (Å²) in [6, 6.07) is 59.7. The molecule has 0 N–H and O–H groups in total. The fraction of sp³-hybridized carbons (Fsp3) is 0. The third-order valence-corrected chi connectivity index (χ3v) is 9.83. The number of fused-ring (bicyclic) bond motifs is 3. The highest BCUT2D eigenvalue weighted by Gasteiger charge is 2.19. The van der Waals surface area contributed by atoms with Crippen molar-refractivity contribution in [3.05, 3.63) is 181 Å². The number of hydrogen-bond donors (Lipinski definition) is 0. The minimum absolute atomic E-state index is 0.518. The molecule has 3 heterocycles. The molecule has 0 aliphatic heterocycles. The van der Waals surface area contributed by atoms with Gasteiger partial charge >= 0.3 is 0 Å². The van der Waals surface area contributed by atoms with Gasteiger partial charge in [-0.3, -0.25) is 0 Å². The lowest BCUT2D eigenvalue weighted by Crippen LogP contribution is -2.00. The third-order valence-electron chi connectivity index (χ3n) is 9.83. The monoisotopic (exact) mass is 731 g/mol. The smallest absolute Gasteiger partial charge is 0.167 e. The Bertz CT molecular complexity index is 3060. The van der Waals surface area contributed by atoms with Crippen LogP contribution in [0.3, 0.4) is 0 Å². The molecule has 10 rings (SSSR count). The van der Waals surface area contributed by atoms with Crippen molar-refractivity contribution in [2.75, 3.05) is 0 Å². The number of rotatable bonds is 7. The van der Waals surface area contributed by atoms with E-state index < -0.39 is 0 Å². The number of hydrogen-bond acceptors (Lipinski definition) is 8. The summed E-state index contributed by atoms with van der Waals surface area (Å²) >= 11 is 0. The Balaban J connectivity index is 1.08. The van der Waals surface area contributed by atoms with Gasteiger partial charge in [0.2, 0.25) is 0 Å². The molecule has 0 fully saturated rings. The van der Waals surface area contributed by atoms with Gasteiger partial charge < -0.3 is 4.42 Å². The molecular formula is C49H29N7O. The molecule has 8 nitrogen and oxygen atoms in total. The Morgan fingerprint density at radius 1 is 0.351 bits per heavy atom. The molecule has 0 bridgehead atoms. The van der Waals surface area contributed by atoms with Gasteiger partial charge in [-0.1, -0.05) is 146 Å². The number of benzene rings is 7. The molecule has 0 atom stereocenters. The first-order chi connectivity index (χ1) is 28.2. The summed E-state index contributed by atoms with van der Waals surface area (Å²) in [5.41, 5.74) is 8.99. The molecule has 0 amide bonds.